The number of aliphatic hydroxyl groups is 6. The van der Waals surface area contributed by atoms with Gasteiger partial charge >= 0.3 is 0 Å². The van der Waals surface area contributed by atoms with Gasteiger partial charge in [0, 0.05) is 13.2 Å². The summed E-state index contributed by atoms with van der Waals surface area (Å²) in [4.78, 5) is 0. The summed E-state index contributed by atoms with van der Waals surface area (Å²) >= 11 is 0. The van der Waals surface area contributed by atoms with Crippen LogP contribution < -0.4 is 0 Å². The zero-order chi connectivity index (χ0) is 31.5. The van der Waals surface area contributed by atoms with Gasteiger partial charge in [-0.3, -0.25) is 0 Å². The van der Waals surface area contributed by atoms with Crippen LogP contribution in [0.15, 0.2) is 0 Å². The Hall–Kier alpha value is -0.440. The molecule has 0 bridgehead atoms. The van der Waals surface area contributed by atoms with Crippen molar-refractivity contribution in [3.63, 3.8) is 0 Å². The first-order chi connectivity index (χ1) is 20.9. The van der Waals surface area contributed by atoms with Gasteiger partial charge in [0.1, 0.15) is 48.8 Å². The SMILES string of the molecule is CCCCCCCCCCO[C@H]1[C@H](O)[C@@H](O)[C@@H](O[C@H]2O[C@H](CO)[C@@H](OCCCCCCCCCC)[C@H](O)[C@H]2O)O[C@@H]1CO. The van der Waals surface area contributed by atoms with Crippen molar-refractivity contribution >= 4 is 0 Å². The third-order valence-electron chi connectivity index (χ3n) is 8.53. The van der Waals surface area contributed by atoms with E-state index in [9.17, 15) is 30.6 Å². The molecule has 43 heavy (non-hydrogen) atoms. The topological polar surface area (TPSA) is 168 Å². The summed E-state index contributed by atoms with van der Waals surface area (Å²) in [6, 6.07) is 0. The first-order valence-corrected chi connectivity index (χ1v) is 17.0. The number of ether oxygens (including phenoxy) is 5. The molecule has 0 radical (unpaired) electrons. The molecule has 2 saturated heterocycles. The Morgan fingerprint density at radius 3 is 1.12 bits per heavy atom. The van der Waals surface area contributed by atoms with Gasteiger partial charge in [0.05, 0.1) is 13.2 Å². The van der Waals surface area contributed by atoms with Crippen molar-refractivity contribution in [2.75, 3.05) is 26.4 Å². The third-order valence-corrected chi connectivity index (χ3v) is 8.53. The molecule has 11 nitrogen and oxygen atoms in total. The Kier molecular flexibility index (Phi) is 20.7. The molecule has 11 heteroatoms. The van der Waals surface area contributed by atoms with E-state index < -0.39 is 74.6 Å². The largest absolute Gasteiger partial charge is 0.394 e. The molecule has 0 saturated carbocycles. The van der Waals surface area contributed by atoms with Gasteiger partial charge in [-0.05, 0) is 12.8 Å². The summed E-state index contributed by atoms with van der Waals surface area (Å²) in [5.41, 5.74) is 0. The molecular weight excluding hydrogens is 560 g/mol. The molecule has 0 aromatic heterocycles. The molecule has 10 atom stereocenters. The smallest absolute Gasteiger partial charge is 0.189 e. The summed E-state index contributed by atoms with van der Waals surface area (Å²) in [6.07, 6.45) is 5.23. The average molecular weight is 623 g/mol. The minimum atomic E-state index is -1.57. The fourth-order valence-corrected chi connectivity index (χ4v) is 5.78. The normalized spacial score (nSPS) is 33.2. The first kappa shape index (κ1) is 38.7. The summed E-state index contributed by atoms with van der Waals surface area (Å²) in [5.74, 6) is 0. The molecule has 2 fully saturated rings. The zero-order valence-electron chi connectivity index (χ0n) is 26.6. The molecule has 0 aromatic rings. The van der Waals surface area contributed by atoms with Crippen LogP contribution in [-0.2, 0) is 23.7 Å². The fourth-order valence-electron chi connectivity index (χ4n) is 5.78. The molecule has 2 heterocycles. The fraction of sp³-hybridized carbons (Fsp3) is 1.00. The maximum absolute atomic E-state index is 10.8. The molecule has 2 aliphatic rings. The quantitative estimate of drug-likeness (QED) is 0.0876. The van der Waals surface area contributed by atoms with E-state index in [1.54, 1.807) is 0 Å². The Bertz CT molecular complexity index is 613. The van der Waals surface area contributed by atoms with Gasteiger partial charge < -0.3 is 54.3 Å². The van der Waals surface area contributed by atoms with Crippen LogP contribution in [0, 0.1) is 0 Å². The third kappa shape index (κ3) is 13.4. The second-order valence-electron chi connectivity index (χ2n) is 12.2. The van der Waals surface area contributed by atoms with Crippen molar-refractivity contribution < 1.29 is 54.3 Å². The van der Waals surface area contributed by atoms with E-state index in [-0.39, 0.29) is 0 Å². The lowest BCUT2D eigenvalue weighted by atomic mass is 9.97. The second kappa shape index (κ2) is 23.0. The van der Waals surface area contributed by atoms with Crippen LogP contribution in [0.25, 0.3) is 0 Å². The first-order valence-electron chi connectivity index (χ1n) is 17.0. The Labute approximate surface area is 258 Å². The summed E-state index contributed by atoms with van der Waals surface area (Å²) in [7, 11) is 0. The van der Waals surface area contributed by atoms with Crippen LogP contribution in [0.5, 0.6) is 0 Å². The number of unbranched alkanes of at least 4 members (excludes halogenated alkanes) is 14. The lowest BCUT2D eigenvalue weighted by molar-refractivity contribution is -0.380. The van der Waals surface area contributed by atoms with Crippen molar-refractivity contribution in [2.24, 2.45) is 0 Å². The molecule has 0 aliphatic carbocycles. The summed E-state index contributed by atoms with van der Waals surface area (Å²) in [5, 5.41) is 62.8. The van der Waals surface area contributed by atoms with Crippen molar-refractivity contribution in [3.8, 4) is 0 Å². The predicted molar refractivity (Wildman–Crippen MR) is 161 cm³/mol. The van der Waals surface area contributed by atoms with Gasteiger partial charge in [0.15, 0.2) is 12.6 Å². The molecule has 2 rings (SSSR count). The Balaban J connectivity index is 1.78. The minimum Gasteiger partial charge on any atom is -0.394 e. The maximum atomic E-state index is 10.8. The van der Waals surface area contributed by atoms with Gasteiger partial charge in [-0.15, -0.1) is 0 Å². The van der Waals surface area contributed by atoms with E-state index in [2.05, 4.69) is 13.8 Å². The highest BCUT2D eigenvalue weighted by molar-refractivity contribution is 4.93. The lowest BCUT2D eigenvalue weighted by Gasteiger charge is -2.46. The van der Waals surface area contributed by atoms with E-state index in [1.807, 2.05) is 0 Å². The van der Waals surface area contributed by atoms with Crippen LogP contribution in [0.3, 0.4) is 0 Å². The van der Waals surface area contributed by atoms with Crippen molar-refractivity contribution in [2.45, 2.75) is 178 Å². The van der Waals surface area contributed by atoms with Crippen molar-refractivity contribution in [3.05, 3.63) is 0 Å². The number of rotatable bonds is 24. The maximum Gasteiger partial charge on any atom is 0.189 e. The standard InChI is InChI=1S/C32H62O11/c1-3-5-7-9-11-13-15-17-19-39-29-23(21-33)41-31(27(37)25(29)35)43-32-28(38)26(36)30(24(22-34)42-32)40-20-18-16-14-12-10-8-6-4-2/h23-38H,3-22H2,1-2H3/t23-,24-,25-,26-,27-,28-,29-,30-,31-,32-/m1/s1. The highest BCUT2D eigenvalue weighted by atomic mass is 16.8. The van der Waals surface area contributed by atoms with Gasteiger partial charge in [-0.2, -0.15) is 0 Å². The molecule has 6 N–H and O–H groups in total. The number of hydrogen-bond acceptors (Lipinski definition) is 11. The van der Waals surface area contributed by atoms with E-state index in [1.165, 1.54) is 64.2 Å². The van der Waals surface area contributed by atoms with E-state index in [0.717, 1.165) is 38.5 Å². The summed E-state index contributed by atoms with van der Waals surface area (Å²) in [6.45, 7) is 4.11. The minimum absolute atomic E-state index is 0.351. The van der Waals surface area contributed by atoms with Crippen LogP contribution in [0.2, 0.25) is 0 Å². The lowest BCUT2D eigenvalue weighted by Crippen LogP contribution is -2.64. The van der Waals surface area contributed by atoms with Crippen LogP contribution in [-0.4, -0.2) is 118 Å². The molecule has 0 aromatic carbocycles. The molecule has 2 aliphatic heterocycles. The van der Waals surface area contributed by atoms with Crippen molar-refractivity contribution in [1.82, 2.24) is 0 Å². The predicted octanol–water partition coefficient (Wildman–Crippen LogP) is 2.93. The highest BCUT2D eigenvalue weighted by Gasteiger charge is 2.50. The van der Waals surface area contributed by atoms with Crippen molar-refractivity contribution in [1.29, 1.82) is 0 Å². The van der Waals surface area contributed by atoms with Gasteiger partial charge in [0.2, 0.25) is 0 Å². The van der Waals surface area contributed by atoms with Crippen LogP contribution >= 0.6 is 0 Å². The second-order valence-corrected chi connectivity index (χ2v) is 12.2. The Morgan fingerprint density at radius 2 is 0.791 bits per heavy atom. The molecular formula is C32H62O11. The number of hydrogen-bond donors (Lipinski definition) is 6. The molecule has 0 unspecified atom stereocenters. The van der Waals surface area contributed by atoms with E-state index in [0.29, 0.717) is 13.2 Å². The van der Waals surface area contributed by atoms with E-state index >= 15 is 0 Å². The van der Waals surface area contributed by atoms with Crippen LogP contribution in [0.4, 0.5) is 0 Å². The highest BCUT2D eigenvalue weighted by Crippen LogP contribution is 2.30. The van der Waals surface area contributed by atoms with Crippen LogP contribution in [0.1, 0.15) is 117 Å². The average Bonchev–Trinajstić information content (AvgIpc) is 3.01. The summed E-state index contributed by atoms with van der Waals surface area (Å²) < 4.78 is 28.7. The van der Waals surface area contributed by atoms with Gasteiger partial charge in [0.25, 0.3) is 0 Å². The molecule has 0 amide bonds. The molecule has 256 valence electrons. The van der Waals surface area contributed by atoms with Gasteiger partial charge in [-0.1, -0.05) is 104 Å². The monoisotopic (exact) mass is 622 g/mol. The Morgan fingerprint density at radius 1 is 0.465 bits per heavy atom. The molecule has 0 spiro atoms. The van der Waals surface area contributed by atoms with Gasteiger partial charge in [-0.25, -0.2) is 0 Å². The van der Waals surface area contributed by atoms with E-state index in [4.69, 9.17) is 23.7 Å². The zero-order valence-corrected chi connectivity index (χ0v) is 26.6. The number of aliphatic hydroxyl groups excluding tert-OH is 6.